The van der Waals surface area contributed by atoms with Crippen LogP contribution < -0.4 is 5.32 Å². The molecule has 0 saturated heterocycles. The van der Waals surface area contributed by atoms with Crippen LogP contribution in [0, 0.1) is 6.92 Å². The summed E-state index contributed by atoms with van der Waals surface area (Å²) in [6.07, 6.45) is 3.39. The van der Waals surface area contributed by atoms with Gasteiger partial charge in [0.05, 0.1) is 23.3 Å². The Kier molecular flexibility index (Phi) is 5.17. The molecule has 0 saturated carbocycles. The molecule has 24 heavy (non-hydrogen) atoms. The summed E-state index contributed by atoms with van der Waals surface area (Å²) in [4.78, 5) is 17.5. The van der Waals surface area contributed by atoms with E-state index in [0.717, 1.165) is 10.6 Å². The summed E-state index contributed by atoms with van der Waals surface area (Å²) < 4.78 is 1.77. The number of thioether (sulfide) groups is 1. The lowest BCUT2D eigenvalue weighted by atomic mass is 10.2. The molecule has 0 aliphatic carbocycles. The zero-order valence-corrected chi connectivity index (χ0v) is 14.5. The van der Waals surface area contributed by atoms with Crippen molar-refractivity contribution in [2.24, 2.45) is 0 Å². The third-order valence-corrected chi connectivity index (χ3v) is 4.52. The second-order valence-corrected chi connectivity index (χ2v) is 6.48. The molecule has 0 bridgehead atoms. The fourth-order valence-corrected chi connectivity index (χ4v) is 3.10. The summed E-state index contributed by atoms with van der Waals surface area (Å²) in [5.41, 5.74) is 1.72. The van der Waals surface area contributed by atoms with Gasteiger partial charge in [0.1, 0.15) is 5.15 Å². The Morgan fingerprint density at radius 1 is 1.25 bits per heavy atom. The molecular formula is C17H15ClN4OS. The fourth-order valence-electron chi connectivity index (χ4n) is 2.05. The van der Waals surface area contributed by atoms with Crippen molar-refractivity contribution < 1.29 is 4.79 Å². The number of pyridine rings is 1. The van der Waals surface area contributed by atoms with E-state index in [4.69, 9.17) is 11.6 Å². The molecule has 7 heteroatoms. The van der Waals surface area contributed by atoms with Gasteiger partial charge in [-0.25, -0.2) is 4.98 Å². The van der Waals surface area contributed by atoms with E-state index in [1.807, 2.05) is 37.3 Å². The highest BCUT2D eigenvalue weighted by molar-refractivity contribution is 7.98. The van der Waals surface area contributed by atoms with E-state index in [1.165, 1.54) is 0 Å². The summed E-state index contributed by atoms with van der Waals surface area (Å²) in [6, 6.07) is 13.5. The Morgan fingerprint density at radius 3 is 2.79 bits per heavy atom. The van der Waals surface area contributed by atoms with Crippen molar-refractivity contribution in [3.8, 4) is 0 Å². The van der Waals surface area contributed by atoms with E-state index in [1.54, 1.807) is 41.0 Å². The minimum absolute atomic E-state index is 0.194. The molecule has 0 unspecified atom stereocenters. The van der Waals surface area contributed by atoms with Crippen LogP contribution in [0.2, 0.25) is 5.15 Å². The van der Waals surface area contributed by atoms with Crippen LogP contribution in [0.25, 0.3) is 0 Å². The molecule has 0 atom stereocenters. The Labute approximate surface area is 149 Å². The number of hydrogen-bond donors (Lipinski definition) is 1. The first kappa shape index (κ1) is 16.5. The van der Waals surface area contributed by atoms with Crippen LogP contribution in [0.15, 0.2) is 59.8 Å². The van der Waals surface area contributed by atoms with Crippen molar-refractivity contribution in [1.29, 1.82) is 0 Å². The van der Waals surface area contributed by atoms with Crippen molar-refractivity contribution in [3.63, 3.8) is 0 Å². The minimum Gasteiger partial charge on any atom is -0.319 e. The summed E-state index contributed by atoms with van der Waals surface area (Å²) in [7, 11) is 0. The highest BCUT2D eigenvalue weighted by Crippen LogP contribution is 2.20. The van der Waals surface area contributed by atoms with Gasteiger partial charge in [-0.1, -0.05) is 29.8 Å². The molecule has 0 radical (unpaired) electrons. The predicted octanol–water partition coefficient (Wildman–Crippen LogP) is 4.24. The topological polar surface area (TPSA) is 59.8 Å². The minimum atomic E-state index is -0.303. The second kappa shape index (κ2) is 7.51. The number of anilines is 1. The van der Waals surface area contributed by atoms with Gasteiger partial charge in [0.2, 0.25) is 0 Å². The molecule has 1 amide bonds. The van der Waals surface area contributed by atoms with Gasteiger partial charge in [-0.15, -0.1) is 11.8 Å². The van der Waals surface area contributed by atoms with Crippen molar-refractivity contribution >= 4 is 35.0 Å². The Morgan fingerprint density at radius 2 is 2.04 bits per heavy atom. The summed E-state index contributed by atoms with van der Waals surface area (Å²) in [6.45, 7) is 1.82. The molecule has 1 aromatic carbocycles. The van der Waals surface area contributed by atoms with Gasteiger partial charge in [-0.2, -0.15) is 5.10 Å². The largest absolute Gasteiger partial charge is 0.319 e. The van der Waals surface area contributed by atoms with Crippen LogP contribution in [-0.2, 0) is 5.88 Å². The molecular weight excluding hydrogens is 344 g/mol. The highest BCUT2D eigenvalue weighted by Gasteiger charge is 2.12. The first-order valence-electron chi connectivity index (χ1n) is 7.26. The van der Waals surface area contributed by atoms with Crippen molar-refractivity contribution in [1.82, 2.24) is 14.8 Å². The van der Waals surface area contributed by atoms with Crippen LogP contribution >= 0.6 is 23.4 Å². The lowest BCUT2D eigenvalue weighted by Gasteiger charge is -2.05. The maximum atomic E-state index is 12.3. The smallest absolute Gasteiger partial charge is 0.258 e. The average Bonchev–Trinajstić information content (AvgIpc) is 3.01. The first-order valence-corrected chi connectivity index (χ1v) is 8.63. The number of benzene rings is 1. The summed E-state index contributed by atoms with van der Waals surface area (Å²) >= 11 is 7.68. The number of carbonyl (C=O) groups is 1. The predicted molar refractivity (Wildman–Crippen MR) is 96.5 cm³/mol. The zero-order chi connectivity index (χ0) is 16.9. The van der Waals surface area contributed by atoms with Crippen LogP contribution in [0.4, 0.5) is 5.69 Å². The van der Waals surface area contributed by atoms with Gasteiger partial charge < -0.3 is 5.32 Å². The Bertz CT molecular complexity index is 851. The van der Waals surface area contributed by atoms with E-state index in [9.17, 15) is 4.79 Å². The third-order valence-electron chi connectivity index (χ3n) is 3.23. The molecule has 0 fully saturated rings. The fraction of sp³-hybridized carbons (Fsp3) is 0.118. The monoisotopic (exact) mass is 358 g/mol. The Hall–Kier alpha value is -2.31. The third kappa shape index (κ3) is 4.15. The van der Waals surface area contributed by atoms with Crippen molar-refractivity contribution in [2.45, 2.75) is 17.7 Å². The second-order valence-electron chi connectivity index (χ2n) is 5.10. The summed E-state index contributed by atoms with van der Waals surface area (Å²) in [5, 5.41) is 7.22. The SMILES string of the molecule is Cc1ccc(C(=O)Nc2cnn(CSc3ccccc3)c2)c(Cl)n1. The molecule has 0 aliphatic rings. The molecule has 122 valence electrons. The molecule has 0 spiro atoms. The molecule has 0 aliphatic heterocycles. The van der Waals surface area contributed by atoms with E-state index in [-0.39, 0.29) is 11.1 Å². The van der Waals surface area contributed by atoms with Gasteiger partial charge >= 0.3 is 0 Å². The maximum absolute atomic E-state index is 12.3. The number of aromatic nitrogens is 3. The Balaban J connectivity index is 1.62. The highest BCUT2D eigenvalue weighted by atomic mass is 35.5. The van der Waals surface area contributed by atoms with Gasteiger partial charge in [0.25, 0.3) is 5.91 Å². The van der Waals surface area contributed by atoms with Gasteiger partial charge in [-0.05, 0) is 31.2 Å². The van der Waals surface area contributed by atoms with E-state index in [0.29, 0.717) is 17.1 Å². The number of amides is 1. The van der Waals surface area contributed by atoms with Crippen molar-refractivity contribution in [3.05, 3.63) is 71.3 Å². The van der Waals surface area contributed by atoms with E-state index in [2.05, 4.69) is 15.4 Å². The summed E-state index contributed by atoms with van der Waals surface area (Å²) in [5.74, 6) is 0.356. The molecule has 3 aromatic rings. The molecule has 2 aromatic heterocycles. The van der Waals surface area contributed by atoms with Crippen LogP contribution in [-0.4, -0.2) is 20.7 Å². The standard InChI is InChI=1S/C17H15ClN4OS/c1-12-7-8-15(16(18)20-12)17(23)21-13-9-19-22(10-13)11-24-14-5-3-2-4-6-14/h2-10H,11H2,1H3,(H,21,23). The van der Waals surface area contributed by atoms with E-state index < -0.39 is 0 Å². The number of halogens is 1. The van der Waals surface area contributed by atoms with Gasteiger partial charge in [-0.3, -0.25) is 9.48 Å². The molecule has 2 heterocycles. The van der Waals surface area contributed by atoms with E-state index >= 15 is 0 Å². The zero-order valence-electron chi connectivity index (χ0n) is 12.9. The lowest BCUT2D eigenvalue weighted by molar-refractivity contribution is 0.102. The number of rotatable bonds is 5. The number of nitrogens with one attached hydrogen (secondary N) is 1. The first-order chi connectivity index (χ1) is 11.6. The van der Waals surface area contributed by atoms with Crippen molar-refractivity contribution in [2.75, 3.05) is 5.32 Å². The average molecular weight is 359 g/mol. The quantitative estimate of drug-likeness (QED) is 0.547. The normalized spacial score (nSPS) is 10.6. The number of carbonyl (C=O) groups excluding carboxylic acids is 1. The lowest BCUT2D eigenvalue weighted by Crippen LogP contribution is -2.12. The number of aryl methyl sites for hydroxylation is 1. The maximum Gasteiger partial charge on any atom is 0.258 e. The van der Waals surface area contributed by atoms with Crippen LogP contribution in [0.5, 0.6) is 0 Å². The van der Waals surface area contributed by atoms with Gasteiger partial charge in [0, 0.05) is 16.8 Å². The van der Waals surface area contributed by atoms with Crippen LogP contribution in [0.3, 0.4) is 0 Å². The van der Waals surface area contributed by atoms with Gasteiger partial charge in [0.15, 0.2) is 0 Å². The number of nitrogens with zero attached hydrogens (tertiary/aromatic N) is 3. The molecule has 3 rings (SSSR count). The molecule has 1 N–H and O–H groups in total. The van der Waals surface area contributed by atoms with Crippen LogP contribution in [0.1, 0.15) is 16.1 Å². The molecule has 5 nitrogen and oxygen atoms in total. The number of hydrogen-bond acceptors (Lipinski definition) is 4.